The van der Waals surface area contributed by atoms with E-state index < -0.39 is 11.6 Å². The zero-order chi connectivity index (χ0) is 29.6. The third-order valence-electron chi connectivity index (χ3n) is 8.19. The highest BCUT2D eigenvalue weighted by atomic mass is 19.1. The average molecular weight is 573 g/mol. The molecule has 1 amide bonds. The van der Waals surface area contributed by atoms with Crippen LogP contribution in [0.25, 0.3) is 50.5 Å². The molecule has 0 saturated heterocycles. The van der Waals surface area contributed by atoms with Crippen molar-refractivity contribution in [3.05, 3.63) is 126 Å². The molecule has 0 atom stereocenters. The molecule has 0 spiro atoms. The molecule has 2 N–H and O–H groups in total. The van der Waals surface area contributed by atoms with E-state index in [1.165, 1.54) is 24.3 Å². The monoisotopic (exact) mass is 572 g/mol. The van der Waals surface area contributed by atoms with Gasteiger partial charge in [-0.05, 0) is 72.9 Å². The lowest BCUT2D eigenvalue weighted by molar-refractivity contribution is 0.144. The second-order valence-electron chi connectivity index (χ2n) is 10.8. The third-order valence-corrected chi connectivity index (χ3v) is 8.19. The summed E-state index contributed by atoms with van der Waals surface area (Å²) in [6, 6.07) is 31.9. The molecule has 0 unspecified atom stereocenters. The second kappa shape index (κ2) is 10.5. The number of fused-ring (bicyclic) bond motifs is 1. The van der Waals surface area contributed by atoms with Crippen LogP contribution in [0.3, 0.4) is 0 Å². The van der Waals surface area contributed by atoms with Crippen molar-refractivity contribution in [2.45, 2.75) is 24.8 Å². The number of amides is 1. The lowest BCUT2D eigenvalue weighted by Gasteiger charge is -2.42. The minimum absolute atomic E-state index is 0.343. The Morgan fingerprint density at radius 1 is 0.767 bits per heavy atom. The molecular weight excluding hydrogens is 546 g/mol. The van der Waals surface area contributed by atoms with Crippen molar-refractivity contribution in [2.75, 3.05) is 0 Å². The summed E-state index contributed by atoms with van der Waals surface area (Å²) in [5, 5.41) is 17.1. The van der Waals surface area contributed by atoms with E-state index in [1.54, 1.807) is 28.8 Å². The highest BCUT2D eigenvalue weighted by Crippen LogP contribution is 2.43. The number of nitrogens with one attached hydrogen (secondary N) is 1. The first-order valence-corrected chi connectivity index (χ1v) is 14.0. The Labute approximate surface area is 246 Å². The first-order valence-electron chi connectivity index (χ1n) is 14.0. The summed E-state index contributed by atoms with van der Waals surface area (Å²) in [5.41, 5.74) is 6.94. The highest BCUT2D eigenvalue weighted by molar-refractivity contribution is 5.88. The van der Waals surface area contributed by atoms with Gasteiger partial charge in [0.1, 0.15) is 17.3 Å². The van der Waals surface area contributed by atoms with E-state index in [-0.39, 0.29) is 11.6 Å². The van der Waals surface area contributed by atoms with E-state index in [2.05, 4.69) is 5.32 Å². The number of rotatable bonds is 6. The van der Waals surface area contributed by atoms with E-state index >= 15 is 0 Å². The Balaban J connectivity index is 1.46. The largest absolute Gasteiger partial charge is 0.465 e. The van der Waals surface area contributed by atoms with Crippen LogP contribution in [-0.2, 0) is 5.54 Å². The van der Waals surface area contributed by atoms with Crippen molar-refractivity contribution < 1.29 is 18.7 Å². The SMILES string of the molecule is O=C(O)NC1(c2ccc(-c3nc4c(-c5ccc(F)cc5)cc(-c5ccc(F)cc5)nn4c3-c3ccccc3)cc2)CCC1. The van der Waals surface area contributed by atoms with Crippen molar-refractivity contribution >= 4 is 11.7 Å². The van der Waals surface area contributed by atoms with E-state index in [1.807, 2.05) is 60.7 Å². The van der Waals surface area contributed by atoms with Gasteiger partial charge >= 0.3 is 6.09 Å². The molecule has 4 aromatic carbocycles. The number of nitrogens with zero attached hydrogens (tertiary/aromatic N) is 3. The molecule has 1 fully saturated rings. The van der Waals surface area contributed by atoms with Crippen LogP contribution >= 0.6 is 0 Å². The Morgan fingerprint density at radius 2 is 1.37 bits per heavy atom. The van der Waals surface area contributed by atoms with Gasteiger partial charge in [0.15, 0.2) is 5.65 Å². The summed E-state index contributed by atoms with van der Waals surface area (Å²) in [5.74, 6) is -0.688. The van der Waals surface area contributed by atoms with Crippen molar-refractivity contribution in [3.8, 4) is 44.9 Å². The van der Waals surface area contributed by atoms with Crippen LogP contribution in [0.5, 0.6) is 0 Å². The number of carboxylic acid groups (broad SMARTS) is 1. The molecule has 0 bridgehead atoms. The van der Waals surface area contributed by atoms with Gasteiger partial charge in [-0.2, -0.15) is 5.10 Å². The van der Waals surface area contributed by atoms with Crippen molar-refractivity contribution in [2.24, 2.45) is 0 Å². The highest BCUT2D eigenvalue weighted by Gasteiger charge is 2.40. The van der Waals surface area contributed by atoms with Crippen LogP contribution in [0.4, 0.5) is 13.6 Å². The number of benzene rings is 4. The molecule has 0 aliphatic heterocycles. The van der Waals surface area contributed by atoms with Crippen LogP contribution < -0.4 is 5.32 Å². The van der Waals surface area contributed by atoms with Gasteiger partial charge < -0.3 is 10.4 Å². The van der Waals surface area contributed by atoms with Crippen LogP contribution in [0.1, 0.15) is 24.8 Å². The van der Waals surface area contributed by atoms with E-state index in [4.69, 9.17) is 10.1 Å². The van der Waals surface area contributed by atoms with Crippen LogP contribution in [0.15, 0.2) is 109 Å². The normalized spacial score (nSPS) is 13.9. The van der Waals surface area contributed by atoms with E-state index in [0.29, 0.717) is 17.0 Å². The molecule has 212 valence electrons. The molecule has 2 heterocycles. The maximum Gasteiger partial charge on any atom is 0.405 e. The molecule has 1 saturated carbocycles. The molecule has 1 aliphatic carbocycles. The predicted molar refractivity (Wildman–Crippen MR) is 161 cm³/mol. The van der Waals surface area contributed by atoms with Gasteiger partial charge in [-0.3, -0.25) is 0 Å². The van der Waals surface area contributed by atoms with Crippen LogP contribution in [-0.4, -0.2) is 25.8 Å². The van der Waals surface area contributed by atoms with Crippen molar-refractivity contribution in [3.63, 3.8) is 0 Å². The van der Waals surface area contributed by atoms with Gasteiger partial charge in [0.05, 0.1) is 16.9 Å². The fraction of sp³-hybridized carbons (Fsp3) is 0.114. The summed E-state index contributed by atoms with van der Waals surface area (Å²) in [6.45, 7) is 0. The van der Waals surface area contributed by atoms with Gasteiger partial charge in [-0.15, -0.1) is 0 Å². The van der Waals surface area contributed by atoms with Crippen LogP contribution in [0.2, 0.25) is 0 Å². The topological polar surface area (TPSA) is 79.5 Å². The van der Waals surface area contributed by atoms with E-state index in [0.717, 1.165) is 58.3 Å². The minimum Gasteiger partial charge on any atom is -0.465 e. The second-order valence-corrected chi connectivity index (χ2v) is 10.8. The lowest BCUT2D eigenvalue weighted by atomic mass is 9.72. The van der Waals surface area contributed by atoms with Crippen molar-refractivity contribution in [1.29, 1.82) is 0 Å². The van der Waals surface area contributed by atoms with Crippen molar-refractivity contribution in [1.82, 2.24) is 19.9 Å². The molecule has 0 radical (unpaired) electrons. The number of halogens is 2. The number of hydrogen-bond donors (Lipinski definition) is 2. The quantitative estimate of drug-likeness (QED) is 0.210. The molecular formula is C35H26F2N4O2. The first kappa shape index (κ1) is 26.5. The predicted octanol–water partition coefficient (Wildman–Crippen LogP) is 8.32. The minimum atomic E-state index is -1.04. The van der Waals surface area contributed by atoms with Crippen LogP contribution in [0, 0.1) is 11.6 Å². The summed E-state index contributed by atoms with van der Waals surface area (Å²) >= 11 is 0. The first-order chi connectivity index (χ1) is 20.9. The average Bonchev–Trinajstić information content (AvgIpc) is 3.39. The summed E-state index contributed by atoms with van der Waals surface area (Å²) < 4.78 is 29.5. The summed E-state index contributed by atoms with van der Waals surface area (Å²) in [7, 11) is 0. The number of aromatic nitrogens is 3. The zero-order valence-electron chi connectivity index (χ0n) is 23.0. The fourth-order valence-electron chi connectivity index (χ4n) is 5.85. The molecule has 7 rings (SSSR count). The Morgan fingerprint density at radius 3 is 1.95 bits per heavy atom. The van der Waals surface area contributed by atoms with Gasteiger partial charge in [-0.1, -0.05) is 66.7 Å². The number of hydrogen-bond acceptors (Lipinski definition) is 3. The maximum atomic E-state index is 13.9. The molecule has 43 heavy (non-hydrogen) atoms. The number of imidazole rings is 1. The number of carbonyl (C=O) groups is 1. The fourth-order valence-corrected chi connectivity index (χ4v) is 5.85. The molecule has 6 nitrogen and oxygen atoms in total. The maximum absolute atomic E-state index is 13.9. The summed E-state index contributed by atoms with van der Waals surface area (Å²) in [6.07, 6.45) is 1.42. The molecule has 6 aromatic rings. The molecule has 1 aliphatic rings. The zero-order valence-corrected chi connectivity index (χ0v) is 23.0. The Kier molecular flexibility index (Phi) is 6.46. The lowest BCUT2D eigenvalue weighted by Crippen LogP contribution is -2.50. The van der Waals surface area contributed by atoms with Gasteiger partial charge in [-0.25, -0.2) is 23.1 Å². The Hall–Kier alpha value is -5.37. The standard InChI is InChI=1S/C35H26F2N4O2/c36-27-15-9-22(10-16-27)29-21-30(23-11-17-28(37)18-12-23)40-41-32(25-5-2-1-3-6-25)31(38-33(29)41)24-7-13-26(14-8-24)35(19-4-20-35)39-34(42)43/h1-3,5-18,21,39H,4,19-20H2,(H,42,43). The Bertz CT molecular complexity index is 1950. The smallest absolute Gasteiger partial charge is 0.405 e. The van der Waals surface area contributed by atoms with Gasteiger partial charge in [0.2, 0.25) is 0 Å². The van der Waals surface area contributed by atoms with Gasteiger partial charge in [0, 0.05) is 22.3 Å². The summed E-state index contributed by atoms with van der Waals surface area (Å²) in [4.78, 5) is 16.6. The molecule has 2 aromatic heterocycles. The van der Waals surface area contributed by atoms with E-state index in [9.17, 15) is 18.7 Å². The molecule has 8 heteroatoms. The third kappa shape index (κ3) is 4.80. The van der Waals surface area contributed by atoms with Gasteiger partial charge in [0.25, 0.3) is 0 Å².